The standard InChI is InChI=1S/C13H20N2O4S/c1-4-12(13(16)19-3)15-10-6-8-11(9-7-10)20(17,18)14-5-2/h6-9,12,14-15H,4-5H2,1-3H3. The first-order chi connectivity index (χ1) is 9.44. The number of ether oxygens (including phenoxy) is 1. The molecule has 0 spiro atoms. The van der Waals surface area contributed by atoms with E-state index in [1.54, 1.807) is 19.1 Å². The molecule has 0 saturated heterocycles. The van der Waals surface area contributed by atoms with Gasteiger partial charge in [-0.1, -0.05) is 13.8 Å². The molecule has 6 nitrogen and oxygen atoms in total. The van der Waals surface area contributed by atoms with E-state index in [0.717, 1.165) is 0 Å². The minimum absolute atomic E-state index is 0.191. The molecule has 0 aromatic heterocycles. The number of carbonyl (C=O) groups excluding carboxylic acids is 1. The molecule has 1 rings (SSSR count). The lowest BCUT2D eigenvalue weighted by Crippen LogP contribution is -2.29. The Labute approximate surface area is 119 Å². The van der Waals surface area contributed by atoms with E-state index in [4.69, 9.17) is 0 Å². The molecule has 0 fully saturated rings. The molecule has 0 aliphatic rings. The van der Waals surface area contributed by atoms with Gasteiger partial charge in [-0.3, -0.25) is 0 Å². The van der Waals surface area contributed by atoms with Gasteiger partial charge < -0.3 is 10.1 Å². The van der Waals surface area contributed by atoms with Crippen LogP contribution in [0.4, 0.5) is 5.69 Å². The number of rotatable bonds is 7. The van der Waals surface area contributed by atoms with Crippen LogP contribution < -0.4 is 10.0 Å². The Kier molecular flexibility index (Phi) is 5.97. The van der Waals surface area contributed by atoms with E-state index in [2.05, 4.69) is 14.8 Å². The number of anilines is 1. The van der Waals surface area contributed by atoms with Gasteiger partial charge in [0.1, 0.15) is 6.04 Å². The minimum atomic E-state index is -3.45. The molecule has 7 heteroatoms. The largest absolute Gasteiger partial charge is 0.467 e. The van der Waals surface area contributed by atoms with Gasteiger partial charge in [-0.15, -0.1) is 0 Å². The Hall–Kier alpha value is -1.60. The average Bonchev–Trinajstić information content (AvgIpc) is 2.44. The fourth-order valence-corrected chi connectivity index (χ4v) is 2.72. The first-order valence-corrected chi connectivity index (χ1v) is 7.87. The predicted molar refractivity (Wildman–Crippen MR) is 77.0 cm³/mol. The molecule has 0 bridgehead atoms. The Morgan fingerprint density at radius 2 is 1.85 bits per heavy atom. The quantitative estimate of drug-likeness (QED) is 0.743. The van der Waals surface area contributed by atoms with Crippen molar-refractivity contribution in [3.8, 4) is 0 Å². The molecule has 112 valence electrons. The van der Waals surface area contributed by atoms with E-state index in [-0.39, 0.29) is 10.9 Å². The maximum absolute atomic E-state index is 11.8. The molecule has 0 aliphatic carbocycles. The van der Waals surface area contributed by atoms with Gasteiger partial charge in [0.15, 0.2) is 0 Å². The second-order valence-electron chi connectivity index (χ2n) is 4.15. The zero-order valence-corrected chi connectivity index (χ0v) is 12.7. The number of esters is 1. The van der Waals surface area contributed by atoms with E-state index in [9.17, 15) is 13.2 Å². The van der Waals surface area contributed by atoms with Gasteiger partial charge in [0, 0.05) is 12.2 Å². The highest BCUT2D eigenvalue weighted by Crippen LogP contribution is 2.15. The van der Waals surface area contributed by atoms with Gasteiger partial charge in [0.25, 0.3) is 0 Å². The number of sulfonamides is 1. The summed E-state index contributed by atoms with van der Waals surface area (Å²) in [5, 5.41) is 3.00. The SMILES string of the molecule is CCNS(=O)(=O)c1ccc(NC(CC)C(=O)OC)cc1. The molecular formula is C13H20N2O4S. The smallest absolute Gasteiger partial charge is 0.328 e. The van der Waals surface area contributed by atoms with Crippen molar-refractivity contribution in [2.45, 2.75) is 31.2 Å². The summed E-state index contributed by atoms with van der Waals surface area (Å²) in [6.07, 6.45) is 0.574. The predicted octanol–water partition coefficient (Wildman–Crippen LogP) is 1.35. The number of nitrogens with one attached hydrogen (secondary N) is 2. The highest BCUT2D eigenvalue weighted by atomic mass is 32.2. The number of hydrogen-bond acceptors (Lipinski definition) is 5. The molecule has 0 aliphatic heterocycles. The van der Waals surface area contributed by atoms with Gasteiger partial charge in [-0.2, -0.15) is 0 Å². The summed E-state index contributed by atoms with van der Waals surface area (Å²) >= 11 is 0. The lowest BCUT2D eigenvalue weighted by Gasteiger charge is -2.16. The fourth-order valence-electron chi connectivity index (χ4n) is 1.67. The summed E-state index contributed by atoms with van der Waals surface area (Å²) in [4.78, 5) is 11.7. The monoisotopic (exact) mass is 300 g/mol. The molecule has 20 heavy (non-hydrogen) atoms. The van der Waals surface area contributed by atoms with Crippen molar-refractivity contribution in [1.82, 2.24) is 4.72 Å². The van der Waals surface area contributed by atoms with Gasteiger partial charge in [0.05, 0.1) is 12.0 Å². The fraction of sp³-hybridized carbons (Fsp3) is 0.462. The van der Waals surface area contributed by atoms with Gasteiger partial charge in [0.2, 0.25) is 10.0 Å². The molecule has 1 aromatic rings. The Morgan fingerprint density at radius 3 is 2.30 bits per heavy atom. The summed E-state index contributed by atoms with van der Waals surface area (Å²) in [5.41, 5.74) is 0.665. The average molecular weight is 300 g/mol. The number of hydrogen-bond donors (Lipinski definition) is 2. The zero-order chi connectivity index (χ0) is 15.2. The van der Waals surface area contributed by atoms with Crippen LogP contribution in [0.15, 0.2) is 29.2 Å². The molecule has 2 N–H and O–H groups in total. The zero-order valence-electron chi connectivity index (χ0n) is 11.8. The summed E-state index contributed by atoms with van der Waals surface area (Å²) in [5.74, 6) is -0.350. The van der Waals surface area contributed by atoms with Crippen LogP contribution in [0.2, 0.25) is 0 Å². The number of methoxy groups -OCH3 is 1. The van der Waals surface area contributed by atoms with Crippen molar-refractivity contribution < 1.29 is 17.9 Å². The summed E-state index contributed by atoms with van der Waals surface area (Å²) in [6.45, 7) is 3.91. The summed E-state index contributed by atoms with van der Waals surface area (Å²) in [6, 6.07) is 5.77. The van der Waals surface area contributed by atoms with Crippen molar-refractivity contribution in [1.29, 1.82) is 0 Å². The number of carbonyl (C=O) groups is 1. The van der Waals surface area contributed by atoms with Crippen LogP contribution >= 0.6 is 0 Å². The maximum Gasteiger partial charge on any atom is 0.328 e. The molecule has 0 radical (unpaired) electrons. The van der Waals surface area contributed by atoms with E-state index in [1.807, 2.05) is 6.92 Å². The van der Waals surface area contributed by atoms with Crippen LogP contribution in [-0.2, 0) is 19.6 Å². The van der Waals surface area contributed by atoms with Crippen molar-refractivity contribution in [3.63, 3.8) is 0 Å². The lowest BCUT2D eigenvalue weighted by molar-refractivity contribution is -0.141. The molecule has 1 unspecified atom stereocenters. The third kappa shape index (κ3) is 4.21. The number of benzene rings is 1. The van der Waals surface area contributed by atoms with Crippen molar-refractivity contribution in [2.24, 2.45) is 0 Å². The lowest BCUT2D eigenvalue weighted by atomic mass is 10.2. The van der Waals surface area contributed by atoms with Crippen LogP contribution in [0, 0.1) is 0 Å². The van der Waals surface area contributed by atoms with E-state index in [1.165, 1.54) is 19.2 Å². The third-order valence-corrected chi connectivity index (χ3v) is 4.30. The summed E-state index contributed by atoms with van der Waals surface area (Å²) in [7, 11) is -2.12. The van der Waals surface area contributed by atoms with Gasteiger partial charge in [-0.25, -0.2) is 17.9 Å². The van der Waals surface area contributed by atoms with Crippen LogP contribution in [0.1, 0.15) is 20.3 Å². The molecule has 0 amide bonds. The Balaban J connectivity index is 2.84. The highest BCUT2D eigenvalue weighted by molar-refractivity contribution is 7.89. The minimum Gasteiger partial charge on any atom is -0.467 e. The topological polar surface area (TPSA) is 84.5 Å². The second kappa shape index (κ2) is 7.25. The first kappa shape index (κ1) is 16.5. The second-order valence-corrected chi connectivity index (χ2v) is 5.92. The van der Waals surface area contributed by atoms with E-state index in [0.29, 0.717) is 18.7 Å². The van der Waals surface area contributed by atoms with Crippen LogP contribution in [0.3, 0.4) is 0 Å². The molecule has 0 saturated carbocycles. The molecule has 1 atom stereocenters. The van der Waals surface area contributed by atoms with Crippen LogP contribution in [0.5, 0.6) is 0 Å². The molecule has 0 heterocycles. The van der Waals surface area contributed by atoms with E-state index < -0.39 is 16.1 Å². The van der Waals surface area contributed by atoms with Crippen molar-refractivity contribution >= 4 is 21.7 Å². The summed E-state index contributed by atoms with van der Waals surface area (Å²) < 4.78 is 30.6. The Morgan fingerprint density at radius 1 is 1.25 bits per heavy atom. The first-order valence-electron chi connectivity index (χ1n) is 6.38. The third-order valence-electron chi connectivity index (χ3n) is 2.73. The maximum atomic E-state index is 11.8. The van der Waals surface area contributed by atoms with Gasteiger partial charge in [-0.05, 0) is 30.7 Å². The van der Waals surface area contributed by atoms with Crippen LogP contribution in [-0.4, -0.2) is 34.1 Å². The highest BCUT2D eigenvalue weighted by Gasteiger charge is 2.17. The molecule has 1 aromatic carbocycles. The molecular weight excluding hydrogens is 280 g/mol. The van der Waals surface area contributed by atoms with Crippen molar-refractivity contribution in [2.75, 3.05) is 19.0 Å². The van der Waals surface area contributed by atoms with Crippen molar-refractivity contribution in [3.05, 3.63) is 24.3 Å². The van der Waals surface area contributed by atoms with Gasteiger partial charge >= 0.3 is 5.97 Å². The van der Waals surface area contributed by atoms with Crippen LogP contribution in [0.25, 0.3) is 0 Å². The Bertz CT molecular complexity index is 540. The van der Waals surface area contributed by atoms with E-state index >= 15 is 0 Å². The normalized spacial score (nSPS) is 12.8.